The van der Waals surface area contributed by atoms with Gasteiger partial charge in [-0.25, -0.2) is 0 Å². The van der Waals surface area contributed by atoms with Gasteiger partial charge in [-0.3, -0.25) is 4.79 Å². The fourth-order valence-corrected chi connectivity index (χ4v) is 2.55. The third-order valence-corrected chi connectivity index (χ3v) is 3.59. The second-order valence-electron chi connectivity index (χ2n) is 4.30. The maximum Gasteiger partial charge on any atom is 0.255 e. The van der Waals surface area contributed by atoms with Crippen LogP contribution in [-0.2, 0) is 0 Å². The predicted molar refractivity (Wildman–Crippen MR) is 70.4 cm³/mol. The highest BCUT2D eigenvalue weighted by atomic mass is 79.9. The molecule has 1 amide bonds. The zero-order valence-corrected chi connectivity index (χ0v) is 11.4. The van der Waals surface area contributed by atoms with Gasteiger partial charge in [0.15, 0.2) is 0 Å². The summed E-state index contributed by atoms with van der Waals surface area (Å²) in [5, 5.41) is 3.06. The van der Waals surface area contributed by atoms with Crippen LogP contribution in [0.15, 0.2) is 22.7 Å². The average Bonchev–Trinajstić information content (AvgIpc) is 2.81. The number of halogens is 1. The summed E-state index contributed by atoms with van der Waals surface area (Å²) in [7, 11) is 1.58. The fraction of sp³-hybridized carbons (Fsp3) is 0.462. The summed E-state index contributed by atoms with van der Waals surface area (Å²) in [4.78, 5) is 12.1. The highest BCUT2D eigenvalue weighted by Crippen LogP contribution is 2.24. The van der Waals surface area contributed by atoms with Crippen LogP contribution >= 0.6 is 15.9 Å². The van der Waals surface area contributed by atoms with E-state index in [1.54, 1.807) is 19.2 Å². The van der Waals surface area contributed by atoms with Gasteiger partial charge in [-0.15, -0.1) is 0 Å². The van der Waals surface area contributed by atoms with Gasteiger partial charge in [0.2, 0.25) is 0 Å². The Morgan fingerprint density at radius 1 is 1.41 bits per heavy atom. The van der Waals surface area contributed by atoms with Crippen molar-refractivity contribution in [1.82, 2.24) is 5.32 Å². The monoisotopic (exact) mass is 297 g/mol. The molecule has 1 aliphatic rings. The van der Waals surface area contributed by atoms with Crippen LogP contribution in [0.4, 0.5) is 0 Å². The van der Waals surface area contributed by atoms with Gasteiger partial charge in [-0.2, -0.15) is 0 Å². The third kappa shape index (κ3) is 3.00. The maximum absolute atomic E-state index is 12.1. The summed E-state index contributed by atoms with van der Waals surface area (Å²) in [6, 6.07) is 5.79. The largest absolute Gasteiger partial charge is 0.496 e. The first-order chi connectivity index (χ1) is 8.20. The molecule has 1 aromatic carbocycles. The molecule has 1 fully saturated rings. The molecule has 0 saturated heterocycles. The standard InChI is InChI=1S/C13H16BrNO2/c1-17-12-7-6-9(14)8-11(12)13(16)15-10-4-2-3-5-10/h6-8,10H,2-5H2,1H3,(H,15,16). The van der Waals surface area contributed by atoms with E-state index in [1.807, 2.05) is 6.07 Å². The second kappa shape index (κ2) is 5.54. The van der Waals surface area contributed by atoms with Gasteiger partial charge in [0.25, 0.3) is 5.91 Å². The molecule has 0 aromatic heterocycles. The molecule has 2 rings (SSSR count). The van der Waals surface area contributed by atoms with Crippen molar-refractivity contribution in [2.45, 2.75) is 31.7 Å². The van der Waals surface area contributed by atoms with E-state index < -0.39 is 0 Å². The zero-order valence-electron chi connectivity index (χ0n) is 9.83. The molecular formula is C13H16BrNO2. The Morgan fingerprint density at radius 3 is 2.76 bits per heavy atom. The quantitative estimate of drug-likeness (QED) is 0.931. The first-order valence-corrected chi connectivity index (χ1v) is 6.64. The number of amides is 1. The minimum absolute atomic E-state index is 0.0462. The smallest absolute Gasteiger partial charge is 0.255 e. The third-order valence-electron chi connectivity index (χ3n) is 3.10. The first-order valence-electron chi connectivity index (χ1n) is 5.85. The van der Waals surface area contributed by atoms with Gasteiger partial charge < -0.3 is 10.1 Å². The topological polar surface area (TPSA) is 38.3 Å². The first kappa shape index (κ1) is 12.4. The number of methoxy groups -OCH3 is 1. The van der Waals surface area contributed by atoms with Crippen molar-refractivity contribution in [2.24, 2.45) is 0 Å². The van der Waals surface area contributed by atoms with Crippen molar-refractivity contribution >= 4 is 21.8 Å². The van der Waals surface area contributed by atoms with Gasteiger partial charge in [-0.05, 0) is 31.0 Å². The van der Waals surface area contributed by atoms with Crippen LogP contribution in [0.2, 0.25) is 0 Å². The molecule has 0 atom stereocenters. The molecule has 0 aliphatic heterocycles. The van der Waals surface area contributed by atoms with Crippen LogP contribution in [-0.4, -0.2) is 19.1 Å². The lowest BCUT2D eigenvalue weighted by molar-refractivity contribution is 0.0935. The van der Waals surface area contributed by atoms with E-state index >= 15 is 0 Å². The number of carbonyl (C=O) groups is 1. The maximum atomic E-state index is 12.1. The molecule has 1 N–H and O–H groups in total. The van der Waals surface area contributed by atoms with Crippen molar-refractivity contribution in [3.05, 3.63) is 28.2 Å². The number of ether oxygens (including phenoxy) is 1. The van der Waals surface area contributed by atoms with Gasteiger partial charge in [0.1, 0.15) is 5.75 Å². The zero-order chi connectivity index (χ0) is 12.3. The minimum atomic E-state index is -0.0462. The van der Waals surface area contributed by atoms with Gasteiger partial charge in [0, 0.05) is 10.5 Å². The van der Waals surface area contributed by atoms with E-state index in [9.17, 15) is 4.79 Å². The molecule has 0 spiro atoms. The van der Waals surface area contributed by atoms with Crippen molar-refractivity contribution in [1.29, 1.82) is 0 Å². The van der Waals surface area contributed by atoms with Crippen molar-refractivity contribution < 1.29 is 9.53 Å². The number of carbonyl (C=O) groups excluding carboxylic acids is 1. The fourth-order valence-electron chi connectivity index (χ4n) is 2.19. The molecule has 4 heteroatoms. The summed E-state index contributed by atoms with van der Waals surface area (Å²) in [5.74, 6) is 0.568. The van der Waals surface area contributed by atoms with Crippen LogP contribution < -0.4 is 10.1 Å². The van der Waals surface area contributed by atoms with Gasteiger partial charge in [-0.1, -0.05) is 28.8 Å². The minimum Gasteiger partial charge on any atom is -0.496 e. The molecule has 0 bridgehead atoms. The highest BCUT2D eigenvalue weighted by molar-refractivity contribution is 9.10. The lowest BCUT2D eigenvalue weighted by Crippen LogP contribution is -2.32. The van der Waals surface area contributed by atoms with E-state index in [-0.39, 0.29) is 5.91 Å². The predicted octanol–water partition coefficient (Wildman–Crippen LogP) is 3.13. The number of hydrogen-bond donors (Lipinski definition) is 1. The number of benzene rings is 1. The van der Waals surface area contributed by atoms with E-state index in [4.69, 9.17) is 4.74 Å². The number of hydrogen-bond acceptors (Lipinski definition) is 2. The molecular weight excluding hydrogens is 282 g/mol. The lowest BCUT2D eigenvalue weighted by Gasteiger charge is -2.14. The number of rotatable bonds is 3. The molecule has 3 nitrogen and oxygen atoms in total. The SMILES string of the molecule is COc1ccc(Br)cc1C(=O)NC1CCCC1. The summed E-state index contributed by atoms with van der Waals surface area (Å²) in [6.07, 6.45) is 4.59. The summed E-state index contributed by atoms with van der Waals surface area (Å²) >= 11 is 3.37. The van der Waals surface area contributed by atoms with E-state index in [0.29, 0.717) is 17.4 Å². The Morgan fingerprint density at radius 2 is 2.12 bits per heavy atom. The van der Waals surface area contributed by atoms with Crippen LogP contribution in [0, 0.1) is 0 Å². The van der Waals surface area contributed by atoms with Crippen molar-refractivity contribution in [2.75, 3.05) is 7.11 Å². The molecule has 0 unspecified atom stereocenters. The van der Waals surface area contributed by atoms with E-state index in [0.717, 1.165) is 17.3 Å². The van der Waals surface area contributed by atoms with Crippen molar-refractivity contribution in [3.63, 3.8) is 0 Å². The molecule has 0 heterocycles. The Bertz CT molecular complexity index is 414. The summed E-state index contributed by atoms with van der Waals surface area (Å²) in [6.45, 7) is 0. The molecule has 0 radical (unpaired) electrons. The molecule has 1 aromatic rings. The molecule has 1 saturated carbocycles. The Hall–Kier alpha value is -1.03. The van der Waals surface area contributed by atoms with Gasteiger partial charge >= 0.3 is 0 Å². The van der Waals surface area contributed by atoms with Gasteiger partial charge in [0.05, 0.1) is 12.7 Å². The summed E-state index contributed by atoms with van der Waals surface area (Å²) in [5.41, 5.74) is 0.591. The highest BCUT2D eigenvalue weighted by Gasteiger charge is 2.20. The van der Waals surface area contributed by atoms with E-state index in [1.165, 1.54) is 12.8 Å². The molecule has 92 valence electrons. The Balaban J connectivity index is 2.14. The average molecular weight is 298 g/mol. The Labute approximate surface area is 110 Å². The molecule has 17 heavy (non-hydrogen) atoms. The van der Waals surface area contributed by atoms with E-state index in [2.05, 4.69) is 21.2 Å². The lowest BCUT2D eigenvalue weighted by atomic mass is 10.1. The van der Waals surface area contributed by atoms with Crippen LogP contribution in [0.3, 0.4) is 0 Å². The second-order valence-corrected chi connectivity index (χ2v) is 5.22. The normalized spacial score (nSPS) is 15.9. The van der Waals surface area contributed by atoms with Crippen LogP contribution in [0.25, 0.3) is 0 Å². The van der Waals surface area contributed by atoms with Crippen molar-refractivity contribution in [3.8, 4) is 5.75 Å². The van der Waals surface area contributed by atoms with Crippen LogP contribution in [0.1, 0.15) is 36.0 Å². The summed E-state index contributed by atoms with van der Waals surface area (Å²) < 4.78 is 6.09. The Kier molecular flexibility index (Phi) is 4.05. The van der Waals surface area contributed by atoms with Crippen LogP contribution in [0.5, 0.6) is 5.75 Å². The number of nitrogens with one attached hydrogen (secondary N) is 1. The molecule has 1 aliphatic carbocycles.